The van der Waals surface area contributed by atoms with Crippen molar-refractivity contribution >= 4 is 30.1 Å². The number of thiol groups is 1. The molecule has 7 heteroatoms. The first kappa shape index (κ1) is 13.3. The largest absolute Gasteiger partial charge is 0.270 e. The second-order valence-electron chi connectivity index (χ2n) is 4.09. The number of nitrogens with zero attached hydrogens (tertiary/aromatic N) is 2. The van der Waals surface area contributed by atoms with Crippen LogP contribution in [-0.2, 0) is 0 Å². The standard InChI is InChI=1S/C12H10N2O4S/c1-7(6-19)5-13-11(15)9-3-2-8(14(17)18)4-10(9)12(13)16/h2-4,19H,1,5-6H2. The maximum atomic E-state index is 12.0. The van der Waals surface area contributed by atoms with Crippen LogP contribution in [-0.4, -0.2) is 33.9 Å². The molecule has 1 aliphatic heterocycles. The van der Waals surface area contributed by atoms with Crippen molar-refractivity contribution in [3.8, 4) is 0 Å². The zero-order chi connectivity index (χ0) is 14.2. The molecule has 1 aromatic rings. The molecule has 0 bridgehead atoms. The molecule has 2 amide bonds. The van der Waals surface area contributed by atoms with E-state index < -0.39 is 16.7 Å². The second-order valence-corrected chi connectivity index (χ2v) is 4.41. The molecule has 0 unspecified atom stereocenters. The van der Waals surface area contributed by atoms with Crippen molar-refractivity contribution in [1.82, 2.24) is 4.90 Å². The maximum absolute atomic E-state index is 12.0. The minimum absolute atomic E-state index is 0.0613. The summed E-state index contributed by atoms with van der Waals surface area (Å²) >= 11 is 4.01. The number of benzene rings is 1. The Morgan fingerprint density at radius 2 is 1.95 bits per heavy atom. The minimum atomic E-state index is -0.604. The molecular formula is C12H10N2O4S. The average molecular weight is 278 g/mol. The number of carbonyl (C=O) groups is 2. The number of rotatable bonds is 4. The van der Waals surface area contributed by atoms with Crippen LogP contribution in [0.15, 0.2) is 30.4 Å². The highest BCUT2D eigenvalue weighted by atomic mass is 32.1. The zero-order valence-corrected chi connectivity index (χ0v) is 10.7. The summed E-state index contributed by atoms with van der Waals surface area (Å²) in [7, 11) is 0. The van der Waals surface area contributed by atoms with Crippen LogP contribution in [0.2, 0.25) is 0 Å². The molecule has 0 spiro atoms. The number of hydrogen-bond acceptors (Lipinski definition) is 5. The molecule has 1 aliphatic rings. The molecule has 0 N–H and O–H groups in total. The van der Waals surface area contributed by atoms with Gasteiger partial charge in [-0.2, -0.15) is 12.6 Å². The van der Waals surface area contributed by atoms with Crippen molar-refractivity contribution in [3.63, 3.8) is 0 Å². The first-order valence-corrected chi connectivity index (χ1v) is 6.01. The average Bonchev–Trinajstić information content (AvgIpc) is 2.63. The van der Waals surface area contributed by atoms with Gasteiger partial charge in [0.1, 0.15) is 0 Å². The number of carbonyl (C=O) groups excluding carboxylic acids is 2. The summed E-state index contributed by atoms with van der Waals surface area (Å²) < 4.78 is 0. The molecule has 0 saturated carbocycles. The molecule has 2 rings (SSSR count). The first-order chi connectivity index (χ1) is 8.95. The molecule has 6 nitrogen and oxygen atoms in total. The van der Waals surface area contributed by atoms with Gasteiger partial charge < -0.3 is 0 Å². The molecule has 19 heavy (non-hydrogen) atoms. The summed E-state index contributed by atoms with van der Waals surface area (Å²) in [5.74, 6) is -0.641. The Balaban J connectivity index is 2.38. The van der Waals surface area contributed by atoms with E-state index in [1.807, 2.05) is 0 Å². The summed E-state index contributed by atoms with van der Waals surface area (Å²) in [5.41, 5.74) is 0.649. The van der Waals surface area contributed by atoms with E-state index in [-0.39, 0.29) is 23.4 Å². The fraction of sp³-hybridized carbons (Fsp3) is 0.167. The Morgan fingerprint density at radius 1 is 1.32 bits per heavy atom. The van der Waals surface area contributed by atoms with E-state index in [0.29, 0.717) is 11.3 Å². The van der Waals surface area contributed by atoms with E-state index in [0.717, 1.165) is 11.0 Å². The van der Waals surface area contributed by atoms with Crippen LogP contribution in [0, 0.1) is 10.1 Å². The highest BCUT2D eigenvalue weighted by Crippen LogP contribution is 2.27. The Morgan fingerprint density at radius 3 is 2.53 bits per heavy atom. The quantitative estimate of drug-likeness (QED) is 0.299. The van der Waals surface area contributed by atoms with Gasteiger partial charge in [-0.3, -0.25) is 24.6 Å². The van der Waals surface area contributed by atoms with E-state index in [1.165, 1.54) is 12.1 Å². The normalized spacial score (nSPS) is 13.6. The van der Waals surface area contributed by atoms with Crippen molar-refractivity contribution in [2.24, 2.45) is 0 Å². The van der Waals surface area contributed by atoms with Crippen molar-refractivity contribution in [2.45, 2.75) is 0 Å². The van der Waals surface area contributed by atoms with Gasteiger partial charge in [-0.05, 0) is 11.6 Å². The summed E-state index contributed by atoms with van der Waals surface area (Å²) in [6.45, 7) is 3.76. The van der Waals surface area contributed by atoms with Crippen LogP contribution in [0.5, 0.6) is 0 Å². The third-order valence-corrected chi connectivity index (χ3v) is 3.22. The molecule has 1 heterocycles. The van der Waals surface area contributed by atoms with Crippen LogP contribution in [0.3, 0.4) is 0 Å². The molecule has 0 saturated heterocycles. The maximum Gasteiger partial charge on any atom is 0.270 e. The van der Waals surface area contributed by atoms with E-state index in [2.05, 4.69) is 19.2 Å². The lowest BCUT2D eigenvalue weighted by Gasteiger charge is -2.14. The molecule has 0 fully saturated rings. The topological polar surface area (TPSA) is 80.5 Å². The number of fused-ring (bicyclic) bond motifs is 1. The Kier molecular flexibility index (Phi) is 3.39. The molecule has 0 atom stereocenters. The molecular weight excluding hydrogens is 268 g/mol. The van der Waals surface area contributed by atoms with Crippen LogP contribution >= 0.6 is 12.6 Å². The number of imide groups is 1. The van der Waals surface area contributed by atoms with E-state index in [4.69, 9.17) is 0 Å². The summed E-state index contributed by atoms with van der Waals surface area (Å²) in [5, 5.41) is 10.7. The number of nitro benzene ring substituents is 1. The Bertz CT molecular complexity index is 612. The summed E-state index contributed by atoms with van der Waals surface area (Å²) in [4.78, 5) is 35.1. The fourth-order valence-electron chi connectivity index (χ4n) is 1.81. The molecule has 1 aromatic carbocycles. The van der Waals surface area contributed by atoms with Crippen LogP contribution in [0.25, 0.3) is 0 Å². The number of amides is 2. The first-order valence-electron chi connectivity index (χ1n) is 5.38. The van der Waals surface area contributed by atoms with E-state index >= 15 is 0 Å². The highest BCUT2D eigenvalue weighted by Gasteiger charge is 2.36. The van der Waals surface area contributed by atoms with Gasteiger partial charge in [0.2, 0.25) is 0 Å². The van der Waals surface area contributed by atoms with Gasteiger partial charge >= 0.3 is 0 Å². The molecule has 0 aliphatic carbocycles. The number of hydrogen-bond donors (Lipinski definition) is 1. The fourth-order valence-corrected chi connectivity index (χ4v) is 1.91. The smallest absolute Gasteiger partial charge is 0.270 e. The minimum Gasteiger partial charge on any atom is -0.270 e. The van der Waals surface area contributed by atoms with Crippen molar-refractivity contribution in [2.75, 3.05) is 12.3 Å². The lowest BCUT2D eigenvalue weighted by molar-refractivity contribution is -0.384. The van der Waals surface area contributed by atoms with Gasteiger partial charge in [0.05, 0.1) is 22.6 Å². The SMILES string of the molecule is C=C(CS)CN1C(=O)c2ccc([N+](=O)[O-])cc2C1=O. The van der Waals surface area contributed by atoms with Gasteiger partial charge in [0.25, 0.3) is 17.5 Å². The molecule has 98 valence electrons. The van der Waals surface area contributed by atoms with Crippen LogP contribution in [0.1, 0.15) is 20.7 Å². The predicted octanol–water partition coefficient (Wildman–Crippen LogP) is 1.68. The van der Waals surface area contributed by atoms with E-state index in [1.54, 1.807) is 0 Å². The van der Waals surface area contributed by atoms with E-state index in [9.17, 15) is 19.7 Å². The van der Waals surface area contributed by atoms with Crippen molar-refractivity contribution < 1.29 is 14.5 Å². The van der Waals surface area contributed by atoms with Crippen molar-refractivity contribution in [1.29, 1.82) is 0 Å². The van der Waals surface area contributed by atoms with Gasteiger partial charge in [0.15, 0.2) is 0 Å². The number of nitro groups is 1. The lowest BCUT2D eigenvalue weighted by Crippen LogP contribution is -2.31. The van der Waals surface area contributed by atoms with Gasteiger partial charge in [-0.1, -0.05) is 6.58 Å². The Hall–Kier alpha value is -2.15. The summed E-state index contributed by atoms with van der Waals surface area (Å²) in [6, 6.07) is 3.64. The predicted molar refractivity (Wildman–Crippen MR) is 71.5 cm³/mol. The van der Waals surface area contributed by atoms with Crippen molar-refractivity contribution in [3.05, 3.63) is 51.6 Å². The zero-order valence-electron chi connectivity index (χ0n) is 9.83. The van der Waals surface area contributed by atoms with Gasteiger partial charge in [-0.25, -0.2) is 0 Å². The summed E-state index contributed by atoms with van der Waals surface area (Å²) in [6.07, 6.45) is 0. The van der Waals surface area contributed by atoms with Crippen LogP contribution in [0.4, 0.5) is 5.69 Å². The third kappa shape index (κ3) is 2.24. The second kappa shape index (κ2) is 4.85. The molecule has 0 radical (unpaired) electrons. The van der Waals surface area contributed by atoms with Crippen LogP contribution < -0.4 is 0 Å². The van der Waals surface area contributed by atoms with Gasteiger partial charge in [0, 0.05) is 17.9 Å². The Labute approximate surface area is 114 Å². The monoisotopic (exact) mass is 278 g/mol. The van der Waals surface area contributed by atoms with Gasteiger partial charge in [-0.15, -0.1) is 0 Å². The number of non-ortho nitro benzene ring substituents is 1. The highest BCUT2D eigenvalue weighted by molar-refractivity contribution is 7.80. The third-order valence-electron chi connectivity index (χ3n) is 2.77. The lowest BCUT2D eigenvalue weighted by atomic mass is 10.1. The molecule has 0 aromatic heterocycles.